The molecule has 0 aliphatic heterocycles. The van der Waals surface area contributed by atoms with Gasteiger partial charge in [-0.25, -0.2) is 5.43 Å². The van der Waals surface area contributed by atoms with Crippen molar-refractivity contribution in [1.29, 1.82) is 0 Å². The molecule has 2 aromatic carbocycles. The molecule has 0 aliphatic carbocycles. The number of halogens is 3. The Labute approximate surface area is 181 Å². The van der Waals surface area contributed by atoms with Gasteiger partial charge in [-0.3, -0.25) is 9.59 Å². The van der Waals surface area contributed by atoms with Crippen LogP contribution in [0.4, 0.5) is 0 Å². The van der Waals surface area contributed by atoms with Gasteiger partial charge in [0.1, 0.15) is 5.75 Å². The summed E-state index contributed by atoms with van der Waals surface area (Å²) < 4.78 is 6.50. The Balaban J connectivity index is 1.89. The molecule has 2 aromatic rings. The van der Waals surface area contributed by atoms with Crippen molar-refractivity contribution in [2.24, 2.45) is 5.10 Å². The second-order valence-electron chi connectivity index (χ2n) is 5.64. The Bertz CT molecular complexity index is 891. The lowest BCUT2D eigenvalue weighted by Gasteiger charge is -2.08. The Kier molecular flexibility index (Phi) is 8.76. The maximum Gasteiger partial charge on any atom is 0.259 e. The molecule has 0 bridgehead atoms. The fourth-order valence-electron chi connectivity index (χ4n) is 2.08. The number of carbonyl (C=O) groups excluding carboxylic acids is 2. The van der Waals surface area contributed by atoms with Crippen LogP contribution in [0.15, 0.2) is 46.0 Å². The van der Waals surface area contributed by atoms with Gasteiger partial charge in [0, 0.05) is 15.6 Å². The second-order valence-corrected chi connectivity index (χ2v) is 7.37. The van der Waals surface area contributed by atoms with E-state index in [0.717, 1.165) is 10.9 Å². The highest BCUT2D eigenvalue weighted by Crippen LogP contribution is 2.23. The molecule has 0 radical (unpaired) electrons. The minimum Gasteiger partial charge on any atom is -0.493 e. The van der Waals surface area contributed by atoms with Crippen LogP contribution < -0.4 is 15.5 Å². The molecule has 0 heterocycles. The minimum atomic E-state index is -0.476. The third kappa shape index (κ3) is 6.82. The number of hydrazone groups is 1. The summed E-state index contributed by atoms with van der Waals surface area (Å²) in [6.45, 7) is 2.35. The maximum absolute atomic E-state index is 12.0. The number of hydrogen-bond acceptors (Lipinski definition) is 4. The zero-order valence-corrected chi connectivity index (χ0v) is 18.1. The van der Waals surface area contributed by atoms with Gasteiger partial charge in [-0.2, -0.15) is 5.10 Å². The zero-order chi connectivity index (χ0) is 20.5. The van der Waals surface area contributed by atoms with Crippen molar-refractivity contribution < 1.29 is 14.3 Å². The number of carbonyl (C=O) groups is 2. The van der Waals surface area contributed by atoms with Crippen LogP contribution in [0.25, 0.3) is 0 Å². The van der Waals surface area contributed by atoms with E-state index in [4.69, 9.17) is 27.9 Å². The summed E-state index contributed by atoms with van der Waals surface area (Å²) in [4.78, 5) is 23.9. The molecule has 0 saturated heterocycles. The summed E-state index contributed by atoms with van der Waals surface area (Å²) in [5.41, 5.74) is 3.37. The van der Waals surface area contributed by atoms with E-state index in [-0.39, 0.29) is 11.6 Å². The van der Waals surface area contributed by atoms with Crippen molar-refractivity contribution in [2.75, 3.05) is 13.2 Å². The van der Waals surface area contributed by atoms with Gasteiger partial charge in [0.15, 0.2) is 0 Å². The molecule has 2 N–H and O–H groups in total. The highest BCUT2D eigenvalue weighted by molar-refractivity contribution is 9.10. The van der Waals surface area contributed by atoms with E-state index in [0.29, 0.717) is 28.5 Å². The quantitative estimate of drug-likeness (QED) is 0.428. The van der Waals surface area contributed by atoms with Gasteiger partial charge in [-0.15, -0.1) is 0 Å². The third-order valence-electron chi connectivity index (χ3n) is 3.42. The van der Waals surface area contributed by atoms with Crippen molar-refractivity contribution >= 4 is 57.2 Å². The first-order valence-corrected chi connectivity index (χ1v) is 9.93. The molecule has 0 spiro atoms. The Morgan fingerprint density at radius 1 is 1.18 bits per heavy atom. The SMILES string of the molecule is CCCOc1ccc(Br)cc1/C=N/NC(=O)CNC(=O)c1ccc(Cl)c(Cl)c1. The van der Waals surface area contributed by atoms with Gasteiger partial charge in [-0.05, 0) is 42.8 Å². The lowest BCUT2D eigenvalue weighted by Crippen LogP contribution is -2.34. The smallest absolute Gasteiger partial charge is 0.259 e. The van der Waals surface area contributed by atoms with Gasteiger partial charge in [-0.1, -0.05) is 46.1 Å². The molecule has 0 atom stereocenters. The van der Waals surface area contributed by atoms with Crippen LogP contribution in [-0.2, 0) is 4.79 Å². The molecule has 6 nitrogen and oxygen atoms in total. The van der Waals surface area contributed by atoms with Crippen molar-refractivity contribution in [1.82, 2.24) is 10.7 Å². The van der Waals surface area contributed by atoms with Gasteiger partial charge < -0.3 is 10.1 Å². The number of ether oxygens (including phenoxy) is 1. The van der Waals surface area contributed by atoms with Crippen LogP contribution in [0, 0.1) is 0 Å². The van der Waals surface area contributed by atoms with E-state index >= 15 is 0 Å². The number of nitrogens with zero attached hydrogens (tertiary/aromatic N) is 1. The Morgan fingerprint density at radius 3 is 2.68 bits per heavy atom. The summed E-state index contributed by atoms with van der Waals surface area (Å²) in [6.07, 6.45) is 2.36. The van der Waals surface area contributed by atoms with Crippen LogP contribution in [0.3, 0.4) is 0 Å². The van der Waals surface area contributed by atoms with E-state index < -0.39 is 11.8 Å². The number of rotatable bonds is 8. The van der Waals surface area contributed by atoms with E-state index in [1.807, 2.05) is 25.1 Å². The highest BCUT2D eigenvalue weighted by atomic mass is 79.9. The molecule has 2 rings (SSSR count). The molecular formula is C19H18BrCl2N3O3. The molecule has 0 saturated carbocycles. The van der Waals surface area contributed by atoms with Crippen molar-refractivity contribution in [2.45, 2.75) is 13.3 Å². The predicted octanol–water partition coefficient (Wildman–Crippen LogP) is 4.42. The molecule has 9 heteroatoms. The largest absolute Gasteiger partial charge is 0.493 e. The maximum atomic E-state index is 12.0. The third-order valence-corrected chi connectivity index (χ3v) is 4.65. The number of hydrogen-bond donors (Lipinski definition) is 2. The average Bonchev–Trinajstić information content (AvgIpc) is 2.67. The van der Waals surface area contributed by atoms with Crippen LogP contribution in [0.1, 0.15) is 29.3 Å². The number of amides is 2. The van der Waals surface area contributed by atoms with Crippen LogP contribution in [0.5, 0.6) is 5.75 Å². The Morgan fingerprint density at radius 2 is 1.96 bits per heavy atom. The zero-order valence-electron chi connectivity index (χ0n) is 15.0. The van der Waals surface area contributed by atoms with Crippen molar-refractivity contribution in [3.63, 3.8) is 0 Å². The minimum absolute atomic E-state index is 0.242. The van der Waals surface area contributed by atoms with E-state index in [1.165, 1.54) is 24.4 Å². The topological polar surface area (TPSA) is 79.8 Å². The standard InChI is InChI=1S/C19H18BrCl2N3O3/c1-2-7-28-17-6-4-14(20)8-13(17)10-24-25-18(26)11-23-19(27)12-3-5-15(21)16(22)9-12/h3-6,8-10H,2,7,11H2,1H3,(H,23,27)(H,25,26)/b24-10+. The summed E-state index contributed by atoms with van der Waals surface area (Å²) in [5.74, 6) is -0.258. The van der Waals surface area contributed by atoms with Crippen LogP contribution in [-0.4, -0.2) is 31.2 Å². The molecule has 0 aliphatic rings. The first kappa shape index (κ1) is 22.2. The summed E-state index contributed by atoms with van der Waals surface area (Å²) in [5, 5.41) is 7.01. The van der Waals surface area contributed by atoms with Gasteiger partial charge >= 0.3 is 0 Å². The lowest BCUT2D eigenvalue weighted by atomic mass is 10.2. The highest BCUT2D eigenvalue weighted by Gasteiger charge is 2.09. The molecule has 2 amide bonds. The molecule has 28 heavy (non-hydrogen) atoms. The monoisotopic (exact) mass is 485 g/mol. The summed E-state index contributed by atoms with van der Waals surface area (Å²) >= 11 is 15.1. The van der Waals surface area contributed by atoms with Gasteiger partial charge in [0.2, 0.25) is 0 Å². The second kappa shape index (κ2) is 11.0. The predicted molar refractivity (Wildman–Crippen MR) is 114 cm³/mol. The molecule has 148 valence electrons. The lowest BCUT2D eigenvalue weighted by molar-refractivity contribution is -0.120. The summed E-state index contributed by atoms with van der Waals surface area (Å²) in [7, 11) is 0. The normalized spacial score (nSPS) is 10.7. The van der Waals surface area contributed by atoms with E-state index in [2.05, 4.69) is 31.8 Å². The fraction of sp³-hybridized carbons (Fsp3) is 0.211. The average molecular weight is 487 g/mol. The molecule has 0 unspecified atom stereocenters. The Hall–Kier alpha value is -2.09. The van der Waals surface area contributed by atoms with Crippen molar-refractivity contribution in [3.05, 3.63) is 62.0 Å². The van der Waals surface area contributed by atoms with Crippen LogP contribution >= 0.6 is 39.1 Å². The van der Waals surface area contributed by atoms with E-state index in [1.54, 1.807) is 0 Å². The van der Waals surface area contributed by atoms with E-state index in [9.17, 15) is 9.59 Å². The van der Waals surface area contributed by atoms with Crippen LogP contribution in [0.2, 0.25) is 10.0 Å². The van der Waals surface area contributed by atoms with Gasteiger partial charge in [0.05, 0.1) is 29.4 Å². The molecule has 0 fully saturated rings. The first-order valence-electron chi connectivity index (χ1n) is 8.38. The molecular weight excluding hydrogens is 469 g/mol. The fourth-order valence-corrected chi connectivity index (χ4v) is 2.75. The number of benzene rings is 2. The number of nitrogens with one attached hydrogen (secondary N) is 2. The molecule has 0 aromatic heterocycles. The van der Waals surface area contributed by atoms with Gasteiger partial charge in [0.25, 0.3) is 11.8 Å². The summed E-state index contributed by atoms with van der Waals surface area (Å²) in [6, 6.07) is 9.97. The van der Waals surface area contributed by atoms with Crippen molar-refractivity contribution in [3.8, 4) is 5.75 Å². The first-order chi connectivity index (χ1) is 13.4.